The van der Waals surface area contributed by atoms with Crippen molar-refractivity contribution in [3.63, 3.8) is 0 Å². The quantitative estimate of drug-likeness (QED) is 0.621. The van der Waals surface area contributed by atoms with Gasteiger partial charge in [-0.15, -0.1) is 11.3 Å². The number of nitrogens with zero attached hydrogens (tertiary/aromatic N) is 1. The number of benzene rings is 2. The zero-order valence-electron chi connectivity index (χ0n) is 16.3. The van der Waals surface area contributed by atoms with Gasteiger partial charge in [0.2, 0.25) is 0 Å². The summed E-state index contributed by atoms with van der Waals surface area (Å²) in [5.74, 6) is 1.04. The summed E-state index contributed by atoms with van der Waals surface area (Å²) in [7, 11) is 1.59. The number of ether oxygens (including phenoxy) is 2. The molecule has 2 aromatic carbocycles. The number of aromatic nitrogens is 1. The lowest BCUT2D eigenvalue weighted by Crippen LogP contribution is -2.30. The molecule has 0 saturated heterocycles. The minimum absolute atomic E-state index is 0.0401. The number of rotatable bonds is 8. The number of carbonyl (C=O) groups excluding carboxylic acids is 1. The molecule has 28 heavy (non-hydrogen) atoms. The number of carbonyl (C=O) groups is 1. The Hall–Kier alpha value is -2.86. The monoisotopic (exact) mass is 396 g/mol. The molecule has 0 saturated carbocycles. The van der Waals surface area contributed by atoms with Crippen LogP contribution in [0.25, 0.3) is 11.3 Å². The number of thiazole rings is 1. The van der Waals surface area contributed by atoms with Gasteiger partial charge in [-0.25, -0.2) is 4.98 Å². The van der Waals surface area contributed by atoms with Gasteiger partial charge in [0.05, 0.1) is 17.8 Å². The number of amides is 1. The first kappa shape index (κ1) is 19.9. The van der Waals surface area contributed by atoms with Crippen LogP contribution in [0.1, 0.15) is 16.1 Å². The second-order valence-electron chi connectivity index (χ2n) is 6.49. The number of hydrogen-bond donors (Lipinski definition) is 1. The van der Waals surface area contributed by atoms with E-state index in [1.165, 1.54) is 0 Å². The Morgan fingerprint density at radius 2 is 1.89 bits per heavy atom. The number of aryl methyl sites for hydroxylation is 2. The zero-order valence-corrected chi connectivity index (χ0v) is 17.1. The van der Waals surface area contributed by atoms with Crippen LogP contribution >= 0.6 is 11.3 Å². The fourth-order valence-electron chi connectivity index (χ4n) is 2.77. The molecule has 0 bridgehead atoms. The van der Waals surface area contributed by atoms with Gasteiger partial charge < -0.3 is 14.8 Å². The Labute approximate surface area is 169 Å². The molecule has 3 rings (SSSR count). The highest BCUT2D eigenvalue weighted by Crippen LogP contribution is 2.27. The average molecular weight is 397 g/mol. The molecule has 1 aromatic heterocycles. The minimum atomic E-state index is -0.155. The Kier molecular flexibility index (Phi) is 6.66. The maximum absolute atomic E-state index is 12.0. The predicted octanol–water partition coefficient (Wildman–Crippen LogP) is 4.17. The van der Waals surface area contributed by atoms with E-state index in [1.807, 2.05) is 32.0 Å². The van der Waals surface area contributed by atoms with E-state index in [2.05, 4.69) is 39.9 Å². The molecule has 0 unspecified atom stereocenters. The van der Waals surface area contributed by atoms with Gasteiger partial charge in [0.15, 0.2) is 18.1 Å². The van der Waals surface area contributed by atoms with Gasteiger partial charge in [-0.2, -0.15) is 0 Å². The molecule has 0 fully saturated rings. The second kappa shape index (κ2) is 9.37. The van der Waals surface area contributed by atoms with Gasteiger partial charge >= 0.3 is 0 Å². The van der Waals surface area contributed by atoms with Crippen LogP contribution in [0.5, 0.6) is 11.5 Å². The Bertz CT molecular complexity index is 935. The second-order valence-corrected chi connectivity index (χ2v) is 7.55. The van der Waals surface area contributed by atoms with Crippen molar-refractivity contribution in [3.05, 3.63) is 64.0 Å². The van der Waals surface area contributed by atoms with Crippen molar-refractivity contribution in [1.29, 1.82) is 0 Å². The molecule has 146 valence electrons. The van der Waals surface area contributed by atoms with E-state index >= 15 is 0 Å². The van der Waals surface area contributed by atoms with Gasteiger partial charge in [0.1, 0.15) is 0 Å². The molecule has 0 atom stereocenters. The van der Waals surface area contributed by atoms with Crippen molar-refractivity contribution in [2.45, 2.75) is 20.3 Å². The lowest BCUT2D eigenvalue weighted by Gasteiger charge is -2.11. The lowest BCUT2D eigenvalue weighted by atomic mass is 10.1. The summed E-state index contributed by atoms with van der Waals surface area (Å²) in [5, 5.41) is 6.01. The van der Waals surface area contributed by atoms with Crippen LogP contribution in [0.2, 0.25) is 0 Å². The van der Waals surface area contributed by atoms with E-state index in [0.717, 1.165) is 33.8 Å². The lowest BCUT2D eigenvalue weighted by molar-refractivity contribution is -0.123. The summed E-state index contributed by atoms with van der Waals surface area (Å²) in [6, 6.07) is 13.9. The third kappa shape index (κ3) is 5.33. The predicted molar refractivity (Wildman–Crippen MR) is 112 cm³/mol. The largest absolute Gasteiger partial charge is 0.493 e. The van der Waals surface area contributed by atoms with Crippen molar-refractivity contribution < 1.29 is 14.3 Å². The zero-order chi connectivity index (χ0) is 19.9. The summed E-state index contributed by atoms with van der Waals surface area (Å²) in [6.45, 7) is 4.50. The van der Waals surface area contributed by atoms with Crippen molar-refractivity contribution in [2.24, 2.45) is 0 Å². The van der Waals surface area contributed by atoms with Crippen LogP contribution in [-0.2, 0) is 11.2 Å². The van der Waals surface area contributed by atoms with Crippen LogP contribution in [0.15, 0.2) is 47.8 Å². The molecular weight excluding hydrogens is 372 g/mol. The van der Waals surface area contributed by atoms with E-state index in [9.17, 15) is 4.79 Å². The Balaban J connectivity index is 1.44. The molecule has 0 spiro atoms. The Morgan fingerprint density at radius 3 is 2.57 bits per heavy atom. The van der Waals surface area contributed by atoms with Crippen molar-refractivity contribution in [3.8, 4) is 22.8 Å². The standard InChI is InChI=1S/C22H24N2O3S/c1-15-4-9-20(21(12-15)26-3)27-13-22(25)23-11-10-17-5-7-18(8-6-17)19-14-28-16(2)24-19/h4-9,12,14H,10-11,13H2,1-3H3,(H,23,25). The molecule has 0 aliphatic carbocycles. The van der Waals surface area contributed by atoms with Gasteiger partial charge in [-0.1, -0.05) is 30.3 Å². The fraction of sp³-hybridized carbons (Fsp3) is 0.273. The van der Waals surface area contributed by atoms with E-state index < -0.39 is 0 Å². The third-order valence-electron chi connectivity index (χ3n) is 4.28. The van der Waals surface area contributed by atoms with E-state index in [1.54, 1.807) is 18.4 Å². The van der Waals surface area contributed by atoms with Gasteiger partial charge in [0.25, 0.3) is 5.91 Å². The molecule has 3 aromatic rings. The van der Waals surface area contributed by atoms with Crippen LogP contribution < -0.4 is 14.8 Å². The SMILES string of the molecule is COc1cc(C)ccc1OCC(=O)NCCc1ccc(-c2csc(C)n2)cc1. The molecule has 1 amide bonds. The first-order valence-corrected chi connectivity index (χ1v) is 9.98. The fourth-order valence-corrected chi connectivity index (χ4v) is 3.39. The van der Waals surface area contributed by atoms with Crippen LogP contribution in [0.4, 0.5) is 0 Å². The summed E-state index contributed by atoms with van der Waals surface area (Å²) in [4.78, 5) is 16.5. The molecule has 1 heterocycles. The molecule has 0 aliphatic rings. The Morgan fingerprint density at radius 1 is 1.11 bits per heavy atom. The maximum Gasteiger partial charge on any atom is 0.257 e. The number of methoxy groups -OCH3 is 1. The van der Waals surface area contributed by atoms with Crippen molar-refractivity contribution in [1.82, 2.24) is 10.3 Å². The minimum Gasteiger partial charge on any atom is -0.493 e. The molecule has 0 aliphatic heterocycles. The van der Waals surface area contributed by atoms with Gasteiger partial charge in [0, 0.05) is 17.5 Å². The molecule has 0 radical (unpaired) electrons. The van der Waals surface area contributed by atoms with E-state index in [4.69, 9.17) is 9.47 Å². The summed E-state index contributed by atoms with van der Waals surface area (Å²) in [6.07, 6.45) is 0.760. The first-order valence-electron chi connectivity index (χ1n) is 9.11. The molecule has 5 nitrogen and oxygen atoms in total. The highest BCUT2D eigenvalue weighted by atomic mass is 32.1. The normalized spacial score (nSPS) is 10.5. The topological polar surface area (TPSA) is 60.5 Å². The summed E-state index contributed by atoms with van der Waals surface area (Å²) in [5.41, 5.74) is 4.35. The smallest absolute Gasteiger partial charge is 0.257 e. The summed E-state index contributed by atoms with van der Waals surface area (Å²) < 4.78 is 10.9. The highest BCUT2D eigenvalue weighted by molar-refractivity contribution is 7.09. The molecule has 6 heteroatoms. The average Bonchev–Trinajstić information content (AvgIpc) is 3.13. The van der Waals surface area contributed by atoms with Crippen LogP contribution in [0, 0.1) is 13.8 Å². The van der Waals surface area contributed by atoms with Crippen LogP contribution in [-0.4, -0.2) is 31.2 Å². The molecular formula is C22H24N2O3S. The van der Waals surface area contributed by atoms with Crippen LogP contribution in [0.3, 0.4) is 0 Å². The third-order valence-corrected chi connectivity index (χ3v) is 5.06. The maximum atomic E-state index is 12.0. The molecule has 1 N–H and O–H groups in total. The first-order chi connectivity index (χ1) is 13.5. The number of nitrogens with one attached hydrogen (secondary N) is 1. The van der Waals surface area contributed by atoms with Crippen molar-refractivity contribution in [2.75, 3.05) is 20.3 Å². The summed E-state index contributed by atoms with van der Waals surface area (Å²) >= 11 is 1.65. The van der Waals surface area contributed by atoms with E-state index in [-0.39, 0.29) is 12.5 Å². The van der Waals surface area contributed by atoms with Crippen molar-refractivity contribution >= 4 is 17.2 Å². The number of hydrogen-bond acceptors (Lipinski definition) is 5. The highest BCUT2D eigenvalue weighted by Gasteiger charge is 2.08. The van der Waals surface area contributed by atoms with Gasteiger partial charge in [-0.3, -0.25) is 4.79 Å². The van der Waals surface area contributed by atoms with Gasteiger partial charge in [-0.05, 0) is 43.5 Å². The van der Waals surface area contributed by atoms with E-state index in [0.29, 0.717) is 18.0 Å².